The number of ether oxygens (including phenoxy) is 1. The molecule has 1 aliphatic heterocycles. The molecule has 2 aromatic heterocycles. The predicted molar refractivity (Wildman–Crippen MR) is 133 cm³/mol. The van der Waals surface area contributed by atoms with Crippen LogP contribution in [-0.2, 0) is 12.8 Å². The van der Waals surface area contributed by atoms with Gasteiger partial charge in [-0.3, -0.25) is 8.97 Å². The van der Waals surface area contributed by atoms with Gasteiger partial charge in [0.25, 0.3) is 0 Å². The molecule has 0 amide bonds. The number of benzene rings is 2. The molecule has 0 fully saturated rings. The van der Waals surface area contributed by atoms with E-state index in [1.54, 1.807) is 25.3 Å². The lowest BCUT2D eigenvalue weighted by Crippen LogP contribution is -2.29. The van der Waals surface area contributed by atoms with Crippen LogP contribution in [0, 0.1) is 5.82 Å². The van der Waals surface area contributed by atoms with Crippen LogP contribution < -0.4 is 10.1 Å². The van der Waals surface area contributed by atoms with E-state index in [2.05, 4.69) is 28.4 Å². The summed E-state index contributed by atoms with van der Waals surface area (Å²) in [5.74, 6) is 1.32. The number of hydrogen-bond donors (Lipinski definition) is 1. The van der Waals surface area contributed by atoms with Crippen molar-refractivity contribution in [2.45, 2.75) is 25.7 Å². The highest BCUT2D eigenvalue weighted by Gasteiger charge is 2.28. The minimum atomic E-state index is -0.254. The fourth-order valence-electron chi connectivity index (χ4n) is 4.57. The SMILES string of the molecule is C=CCNC(=S)n1c(-c2ccc(OC)cc2)c2n3c(c(-c4ccc(F)cc4)nc13)CCCC2. The maximum absolute atomic E-state index is 13.6. The first kappa shape index (κ1) is 21.4. The Kier molecular flexibility index (Phi) is 5.72. The summed E-state index contributed by atoms with van der Waals surface area (Å²) < 4.78 is 23.2. The summed E-state index contributed by atoms with van der Waals surface area (Å²) in [6.45, 7) is 4.35. The fraction of sp³-hybridized carbons (Fsp3) is 0.231. The molecular weight excluding hydrogens is 435 g/mol. The Bertz CT molecular complexity index is 1340. The zero-order valence-electron chi connectivity index (χ0n) is 18.5. The molecule has 5 nitrogen and oxygen atoms in total. The van der Waals surface area contributed by atoms with Crippen molar-refractivity contribution in [1.82, 2.24) is 19.3 Å². The first-order chi connectivity index (χ1) is 16.1. The van der Waals surface area contributed by atoms with Crippen LogP contribution in [-0.4, -0.2) is 32.7 Å². The topological polar surface area (TPSA) is 43.5 Å². The monoisotopic (exact) mass is 460 g/mol. The third-order valence-electron chi connectivity index (χ3n) is 6.08. The van der Waals surface area contributed by atoms with Gasteiger partial charge in [0.1, 0.15) is 11.6 Å². The van der Waals surface area contributed by atoms with Gasteiger partial charge in [0.15, 0.2) is 5.11 Å². The molecular formula is C26H25FN4OS. The van der Waals surface area contributed by atoms with E-state index in [1.165, 1.54) is 17.8 Å². The summed E-state index contributed by atoms with van der Waals surface area (Å²) in [7, 11) is 1.66. The number of rotatable bonds is 5. The molecule has 7 heteroatoms. The lowest BCUT2D eigenvalue weighted by Gasteiger charge is -2.13. The molecule has 0 unspecified atom stereocenters. The third-order valence-corrected chi connectivity index (χ3v) is 6.41. The molecule has 0 bridgehead atoms. The largest absolute Gasteiger partial charge is 0.497 e. The van der Waals surface area contributed by atoms with Gasteiger partial charge in [-0.1, -0.05) is 6.08 Å². The normalized spacial score (nSPS) is 13.0. The maximum atomic E-state index is 13.6. The Labute approximate surface area is 197 Å². The molecule has 1 aliphatic rings. The summed E-state index contributed by atoms with van der Waals surface area (Å²) in [5.41, 5.74) is 6.21. The van der Waals surface area contributed by atoms with Crippen LogP contribution in [0.2, 0.25) is 0 Å². The van der Waals surface area contributed by atoms with Gasteiger partial charge in [-0.25, -0.2) is 9.37 Å². The molecule has 168 valence electrons. The lowest BCUT2D eigenvalue weighted by atomic mass is 10.1. The molecule has 0 spiro atoms. The molecule has 5 rings (SSSR count). The quantitative estimate of drug-likeness (QED) is 0.320. The van der Waals surface area contributed by atoms with Crippen molar-refractivity contribution < 1.29 is 9.13 Å². The van der Waals surface area contributed by atoms with Crippen molar-refractivity contribution in [2.75, 3.05) is 13.7 Å². The first-order valence-corrected chi connectivity index (χ1v) is 11.5. The Morgan fingerprint density at radius 1 is 1.09 bits per heavy atom. The molecule has 0 saturated carbocycles. The van der Waals surface area contributed by atoms with Gasteiger partial charge in [-0.2, -0.15) is 0 Å². The number of aryl methyl sites for hydroxylation is 2. The number of aromatic nitrogens is 3. The second-order valence-corrected chi connectivity index (χ2v) is 8.48. The van der Waals surface area contributed by atoms with Crippen molar-refractivity contribution in [2.24, 2.45) is 0 Å². The molecule has 3 heterocycles. The van der Waals surface area contributed by atoms with Crippen molar-refractivity contribution >= 4 is 23.1 Å². The predicted octanol–water partition coefficient (Wildman–Crippen LogP) is 5.40. The van der Waals surface area contributed by atoms with E-state index in [0.29, 0.717) is 11.7 Å². The van der Waals surface area contributed by atoms with Crippen molar-refractivity contribution in [3.05, 3.63) is 78.4 Å². The van der Waals surface area contributed by atoms with Crippen molar-refractivity contribution in [3.63, 3.8) is 0 Å². The van der Waals surface area contributed by atoms with Crippen LogP contribution in [0.15, 0.2) is 61.2 Å². The Hall–Kier alpha value is -3.45. The third kappa shape index (κ3) is 3.72. The number of imidazole rings is 2. The number of methoxy groups -OCH3 is 1. The van der Waals surface area contributed by atoms with Gasteiger partial charge in [0.05, 0.1) is 29.9 Å². The van der Waals surface area contributed by atoms with Crippen molar-refractivity contribution in [1.29, 1.82) is 0 Å². The maximum Gasteiger partial charge on any atom is 0.222 e. The number of nitrogens with one attached hydrogen (secondary N) is 1. The highest BCUT2D eigenvalue weighted by Crippen LogP contribution is 2.37. The second-order valence-electron chi connectivity index (χ2n) is 8.09. The highest BCUT2D eigenvalue weighted by molar-refractivity contribution is 7.80. The summed E-state index contributed by atoms with van der Waals surface area (Å²) in [4.78, 5) is 5.06. The van der Waals surface area contributed by atoms with E-state index in [4.69, 9.17) is 21.9 Å². The van der Waals surface area contributed by atoms with Gasteiger partial charge in [-0.15, -0.1) is 6.58 Å². The second kappa shape index (κ2) is 8.83. The van der Waals surface area contributed by atoms with Crippen LogP contribution in [0.1, 0.15) is 24.2 Å². The van der Waals surface area contributed by atoms with E-state index in [1.807, 2.05) is 16.7 Å². The molecule has 2 aromatic carbocycles. The van der Waals surface area contributed by atoms with E-state index >= 15 is 0 Å². The van der Waals surface area contributed by atoms with Gasteiger partial charge in [-0.05, 0) is 86.4 Å². The standard InChI is InChI=1S/C26H25FN4OS/c1-3-16-28-26(33)31-24(18-10-14-20(32-2)15-11-18)22-7-5-4-6-21-23(29-25(31)30(21)22)17-8-12-19(27)13-9-17/h3,8-15H,1,4-7,16H2,2H3,(H,28,33). The summed E-state index contributed by atoms with van der Waals surface area (Å²) in [6, 6.07) is 14.6. The minimum Gasteiger partial charge on any atom is -0.497 e. The highest BCUT2D eigenvalue weighted by atomic mass is 32.1. The summed E-state index contributed by atoms with van der Waals surface area (Å²) >= 11 is 5.83. The van der Waals surface area contributed by atoms with Crippen LogP contribution in [0.4, 0.5) is 4.39 Å². The fourth-order valence-corrected chi connectivity index (χ4v) is 4.83. The van der Waals surface area contributed by atoms with Crippen LogP contribution >= 0.6 is 12.2 Å². The van der Waals surface area contributed by atoms with Crippen LogP contribution in [0.25, 0.3) is 28.3 Å². The smallest absolute Gasteiger partial charge is 0.222 e. The molecule has 0 aliphatic carbocycles. The first-order valence-electron chi connectivity index (χ1n) is 11.1. The Morgan fingerprint density at radius 2 is 1.76 bits per heavy atom. The van der Waals surface area contributed by atoms with Crippen LogP contribution in [0.5, 0.6) is 5.75 Å². The Morgan fingerprint density at radius 3 is 2.42 bits per heavy atom. The number of halogens is 1. The van der Waals surface area contributed by atoms with E-state index in [-0.39, 0.29) is 5.82 Å². The molecule has 0 saturated heterocycles. The van der Waals surface area contributed by atoms with E-state index in [0.717, 1.165) is 65.4 Å². The van der Waals surface area contributed by atoms with Gasteiger partial charge < -0.3 is 10.1 Å². The number of nitrogens with zero attached hydrogens (tertiary/aromatic N) is 3. The average molecular weight is 461 g/mol. The van der Waals surface area contributed by atoms with Gasteiger partial charge in [0.2, 0.25) is 5.78 Å². The van der Waals surface area contributed by atoms with Crippen LogP contribution in [0.3, 0.4) is 0 Å². The molecule has 4 aromatic rings. The zero-order valence-corrected chi connectivity index (χ0v) is 19.3. The van der Waals surface area contributed by atoms with Gasteiger partial charge >= 0.3 is 0 Å². The minimum absolute atomic E-state index is 0.254. The molecule has 1 N–H and O–H groups in total. The van der Waals surface area contributed by atoms with Crippen molar-refractivity contribution in [3.8, 4) is 28.3 Å². The molecule has 33 heavy (non-hydrogen) atoms. The summed E-state index contributed by atoms with van der Waals surface area (Å²) in [5, 5.41) is 3.84. The average Bonchev–Trinajstić information content (AvgIpc) is 3.26. The number of thiocarbonyl (C=S) groups is 1. The molecule has 0 radical (unpaired) electrons. The zero-order chi connectivity index (χ0) is 22.9. The van der Waals surface area contributed by atoms with E-state index in [9.17, 15) is 4.39 Å². The molecule has 0 atom stereocenters. The number of hydrogen-bond acceptors (Lipinski definition) is 3. The van der Waals surface area contributed by atoms with E-state index < -0.39 is 0 Å². The van der Waals surface area contributed by atoms with Gasteiger partial charge in [0, 0.05) is 17.7 Å². The lowest BCUT2D eigenvalue weighted by molar-refractivity contribution is 0.415. The summed E-state index contributed by atoms with van der Waals surface area (Å²) in [6.07, 6.45) is 5.74. The Balaban J connectivity index is 1.79.